The lowest BCUT2D eigenvalue weighted by Crippen LogP contribution is -2.39. The normalized spacial score (nSPS) is 22.2. The summed E-state index contributed by atoms with van der Waals surface area (Å²) in [7, 11) is 1.58. The monoisotopic (exact) mass is 183 g/mol. The Balaban J connectivity index is 2.90. The van der Waals surface area contributed by atoms with Crippen LogP contribution in [-0.4, -0.2) is 35.3 Å². The molecule has 1 fully saturated rings. The Labute approximate surface area is 76.8 Å². The van der Waals surface area contributed by atoms with E-state index in [1.807, 2.05) is 0 Å². The lowest BCUT2D eigenvalue weighted by molar-refractivity contribution is -0.135. The molecule has 1 aliphatic rings. The van der Waals surface area contributed by atoms with Gasteiger partial charge < -0.3 is 10.0 Å². The van der Waals surface area contributed by atoms with Gasteiger partial charge in [-0.05, 0) is 0 Å². The number of carbonyl (C=O) groups excluding carboxylic acids is 2. The fraction of sp³-hybridized carbons (Fsp3) is 0.556. The van der Waals surface area contributed by atoms with Crippen molar-refractivity contribution in [3.8, 4) is 0 Å². The van der Waals surface area contributed by atoms with Crippen LogP contribution in [0, 0.1) is 0 Å². The number of likely N-dealkylation sites (tertiary alicyclic amines) is 1. The van der Waals surface area contributed by atoms with Crippen molar-refractivity contribution < 1.29 is 14.7 Å². The zero-order valence-corrected chi connectivity index (χ0v) is 7.83. The van der Waals surface area contributed by atoms with Crippen LogP contribution in [0.1, 0.15) is 19.8 Å². The standard InChI is InChI=1S/C9H13NO3/c1-3-7(11)6-4-9(13)10(2)5-8(6)12/h11H,3-5H2,1-2H3. The van der Waals surface area contributed by atoms with E-state index in [4.69, 9.17) is 0 Å². The van der Waals surface area contributed by atoms with E-state index >= 15 is 0 Å². The molecular formula is C9H13NO3. The third kappa shape index (κ3) is 1.88. The van der Waals surface area contributed by atoms with Gasteiger partial charge in [-0.25, -0.2) is 0 Å². The maximum atomic E-state index is 11.3. The van der Waals surface area contributed by atoms with E-state index in [0.29, 0.717) is 6.42 Å². The summed E-state index contributed by atoms with van der Waals surface area (Å²) in [5.41, 5.74) is 0.283. The molecule has 1 heterocycles. The van der Waals surface area contributed by atoms with Gasteiger partial charge in [-0.15, -0.1) is 0 Å². The van der Waals surface area contributed by atoms with E-state index < -0.39 is 0 Å². The summed E-state index contributed by atoms with van der Waals surface area (Å²) < 4.78 is 0. The average Bonchev–Trinajstić information content (AvgIpc) is 2.10. The summed E-state index contributed by atoms with van der Waals surface area (Å²) in [5.74, 6) is -0.220. The first-order chi connectivity index (χ1) is 6.06. The number of hydrogen-bond acceptors (Lipinski definition) is 3. The van der Waals surface area contributed by atoms with Gasteiger partial charge in [-0.3, -0.25) is 9.59 Å². The summed E-state index contributed by atoms with van der Waals surface area (Å²) >= 11 is 0. The second-order valence-electron chi connectivity index (χ2n) is 3.13. The zero-order chi connectivity index (χ0) is 10.0. The van der Waals surface area contributed by atoms with Gasteiger partial charge >= 0.3 is 0 Å². The summed E-state index contributed by atoms with van der Waals surface area (Å²) in [6.07, 6.45) is 0.438. The Morgan fingerprint density at radius 3 is 2.69 bits per heavy atom. The van der Waals surface area contributed by atoms with Gasteiger partial charge in [0.1, 0.15) is 0 Å². The van der Waals surface area contributed by atoms with Crippen molar-refractivity contribution in [3.63, 3.8) is 0 Å². The van der Waals surface area contributed by atoms with Gasteiger partial charge in [0, 0.05) is 19.0 Å². The first-order valence-electron chi connectivity index (χ1n) is 4.24. The predicted octanol–water partition coefficient (Wildman–Crippen LogP) is 0.640. The fourth-order valence-corrected chi connectivity index (χ4v) is 1.26. The van der Waals surface area contributed by atoms with Crippen LogP contribution in [-0.2, 0) is 9.59 Å². The van der Waals surface area contributed by atoms with E-state index in [2.05, 4.69) is 0 Å². The van der Waals surface area contributed by atoms with Crippen LogP contribution in [0.15, 0.2) is 11.3 Å². The molecule has 1 saturated heterocycles. The quantitative estimate of drug-likeness (QED) is 0.479. The van der Waals surface area contributed by atoms with Crippen molar-refractivity contribution in [2.45, 2.75) is 19.8 Å². The highest BCUT2D eigenvalue weighted by Crippen LogP contribution is 2.17. The van der Waals surface area contributed by atoms with Gasteiger partial charge in [-0.1, -0.05) is 6.92 Å². The number of piperidine rings is 1. The van der Waals surface area contributed by atoms with Gasteiger partial charge in [0.25, 0.3) is 0 Å². The first-order valence-corrected chi connectivity index (χ1v) is 4.24. The van der Waals surface area contributed by atoms with Crippen LogP contribution in [0.4, 0.5) is 0 Å². The second kappa shape index (κ2) is 3.60. The molecule has 0 spiro atoms. The molecule has 0 bridgehead atoms. The highest BCUT2D eigenvalue weighted by atomic mass is 16.3. The second-order valence-corrected chi connectivity index (χ2v) is 3.13. The summed E-state index contributed by atoms with van der Waals surface area (Å²) in [4.78, 5) is 23.9. The average molecular weight is 183 g/mol. The Hall–Kier alpha value is -1.32. The molecule has 1 aliphatic heterocycles. The Kier molecular flexibility index (Phi) is 2.70. The largest absolute Gasteiger partial charge is 0.512 e. The van der Waals surface area contributed by atoms with Crippen molar-refractivity contribution in [1.82, 2.24) is 4.90 Å². The Morgan fingerprint density at radius 2 is 2.15 bits per heavy atom. The number of ketones is 1. The van der Waals surface area contributed by atoms with Crippen molar-refractivity contribution in [2.75, 3.05) is 13.6 Å². The first kappa shape index (κ1) is 9.77. The molecule has 0 atom stereocenters. The molecule has 1 rings (SSSR count). The molecule has 4 heteroatoms. The van der Waals surface area contributed by atoms with E-state index in [0.717, 1.165) is 0 Å². The predicted molar refractivity (Wildman–Crippen MR) is 47.2 cm³/mol. The van der Waals surface area contributed by atoms with Crippen molar-refractivity contribution in [1.29, 1.82) is 0 Å². The maximum Gasteiger partial charge on any atom is 0.227 e. The van der Waals surface area contributed by atoms with E-state index in [9.17, 15) is 14.7 Å². The van der Waals surface area contributed by atoms with Gasteiger partial charge in [0.05, 0.1) is 18.7 Å². The fourth-order valence-electron chi connectivity index (χ4n) is 1.26. The van der Waals surface area contributed by atoms with Crippen LogP contribution in [0.25, 0.3) is 0 Å². The minimum atomic E-state index is -0.151. The summed E-state index contributed by atoms with van der Waals surface area (Å²) in [6.45, 7) is 1.83. The van der Waals surface area contributed by atoms with Gasteiger partial charge in [0.15, 0.2) is 5.78 Å². The van der Waals surface area contributed by atoms with Crippen LogP contribution in [0.5, 0.6) is 0 Å². The molecule has 0 aromatic carbocycles. The Bertz CT molecular complexity index is 281. The molecule has 0 unspecified atom stereocenters. The molecule has 0 radical (unpaired) electrons. The van der Waals surface area contributed by atoms with Gasteiger partial charge in [0.2, 0.25) is 5.91 Å². The van der Waals surface area contributed by atoms with Crippen LogP contribution < -0.4 is 0 Å². The van der Waals surface area contributed by atoms with E-state index in [1.165, 1.54) is 4.90 Å². The van der Waals surface area contributed by atoms with Crippen LogP contribution >= 0.6 is 0 Å². The van der Waals surface area contributed by atoms with E-state index in [-0.39, 0.29) is 36.0 Å². The van der Waals surface area contributed by atoms with Crippen molar-refractivity contribution in [2.24, 2.45) is 0 Å². The van der Waals surface area contributed by atoms with Crippen LogP contribution in [0.2, 0.25) is 0 Å². The molecule has 0 aromatic rings. The third-order valence-corrected chi connectivity index (χ3v) is 2.15. The number of aliphatic hydroxyl groups excluding tert-OH is 1. The number of allylic oxidation sites excluding steroid dienone is 1. The molecule has 72 valence electrons. The number of Topliss-reactive ketones (excluding diaryl/α,β-unsaturated/α-hetero) is 1. The van der Waals surface area contributed by atoms with Gasteiger partial charge in [-0.2, -0.15) is 0 Å². The number of nitrogens with zero attached hydrogens (tertiary/aromatic N) is 1. The van der Waals surface area contributed by atoms with Crippen LogP contribution in [0.3, 0.4) is 0 Å². The Morgan fingerprint density at radius 1 is 1.54 bits per heavy atom. The number of carbonyl (C=O) groups is 2. The number of hydrogen-bond donors (Lipinski definition) is 1. The summed E-state index contributed by atoms with van der Waals surface area (Å²) in [6, 6.07) is 0. The molecule has 0 aliphatic carbocycles. The number of aliphatic hydroxyl groups is 1. The highest BCUT2D eigenvalue weighted by molar-refractivity contribution is 6.06. The SMILES string of the molecule is CCC(O)=C1CC(=O)N(C)CC1=O. The summed E-state index contributed by atoms with van der Waals surface area (Å²) in [5, 5.41) is 9.35. The lowest BCUT2D eigenvalue weighted by Gasteiger charge is -2.23. The number of likely N-dealkylation sites (N-methyl/N-ethyl adjacent to an activating group) is 1. The smallest absolute Gasteiger partial charge is 0.227 e. The van der Waals surface area contributed by atoms with E-state index in [1.54, 1.807) is 14.0 Å². The number of amides is 1. The third-order valence-electron chi connectivity index (χ3n) is 2.15. The minimum Gasteiger partial charge on any atom is -0.512 e. The molecule has 0 aromatic heterocycles. The molecule has 13 heavy (non-hydrogen) atoms. The maximum absolute atomic E-state index is 11.3. The molecule has 1 N–H and O–H groups in total. The molecule has 0 saturated carbocycles. The number of rotatable bonds is 1. The zero-order valence-electron chi connectivity index (χ0n) is 7.83. The molecule has 1 amide bonds. The lowest BCUT2D eigenvalue weighted by atomic mass is 10.00. The van der Waals surface area contributed by atoms with Crippen molar-refractivity contribution >= 4 is 11.7 Å². The topological polar surface area (TPSA) is 57.6 Å². The highest BCUT2D eigenvalue weighted by Gasteiger charge is 2.27. The molecule has 4 nitrogen and oxygen atoms in total. The minimum absolute atomic E-state index is 0.0367. The molecular weight excluding hydrogens is 170 g/mol. The van der Waals surface area contributed by atoms with Crippen molar-refractivity contribution in [3.05, 3.63) is 11.3 Å².